The van der Waals surface area contributed by atoms with Gasteiger partial charge in [-0.1, -0.05) is 36.4 Å². The molecule has 1 N–H and O–H groups in total. The zero-order valence-electron chi connectivity index (χ0n) is 18.4. The van der Waals surface area contributed by atoms with Crippen LogP contribution in [0, 0.1) is 31.0 Å². The number of rotatable bonds is 7. The van der Waals surface area contributed by atoms with Gasteiger partial charge in [0.05, 0.1) is 6.61 Å². The normalized spacial score (nSPS) is 11.0. The summed E-state index contributed by atoms with van der Waals surface area (Å²) in [7, 11) is 0. The van der Waals surface area contributed by atoms with E-state index in [0.29, 0.717) is 30.0 Å². The van der Waals surface area contributed by atoms with E-state index in [4.69, 9.17) is 4.74 Å². The number of carbonyl (C=O) groups excluding carboxylic acids is 1. The van der Waals surface area contributed by atoms with Crippen LogP contribution in [0.4, 0.5) is 10.1 Å². The van der Waals surface area contributed by atoms with Gasteiger partial charge in [0, 0.05) is 12.1 Å². The maximum absolute atomic E-state index is 13.5. The van der Waals surface area contributed by atoms with E-state index in [9.17, 15) is 14.4 Å². The molecule has 0 aliphatic heterocycles. The Morgan fingerprint density at radius 2 is 1.91 bits per heavy atom. The first-order valence-electron chi connectivity index (χ1n) is 10.4. The molecule has 162 valence electrons. The molecule has 32 heavy (non-hydrogen) atoms. The van der Waals surface area contributed by atoms with Gasteiger partial charge in [0.15, 0.2) is 0 Å². The van der Waals surface area contributed by atoms with Crippen LogP contribution in [0.5, 0.6) is 5.75 Å². The number of nitrogens with zero attached hydrogens (tertiary/aromatic N) is 1. The molecule has 0 radical (unpaired) electrons. The van der Waals surface area contributed by atoms with Crippen molar-refractivity contribution in [2.24, 2.45) is 0 Å². The molecule has 5 heteroatoms. The molecule has 0 unspecified atom stereocenters. The monoisotopic (exact) mass is 428 g/mol. The molecule has 0 saturated carbocycles. The van der Waals surface area contributed by atoms with Crippen molar-refractivity contribution in [2.75, 3.05) is 11.9 Å². The van der Waals surface area contributed by atoms with E-state index in [1.54, 1.807) is 12.1 Å². The third kappa shape index (κ3) is 5.61. The first-order chi connectivity index (χ1) is 15.4. The number of hydrogen-bond donors (Lipinski definition) is 1. The summed E-state index contributed by atoms with van der Waals surface area (Å²) >= 11 is 0. The van der Waals surface area contributed by atoms with E-state index < -0.39 is 5.91 Å². The Morgan fingerprint density at radius 1 is 1.12 bits per heavy atom. The van der Waals surface area contributed by atoms with Crippen LogP contribution in [-0.4, -0.2) is 12.5 Å². The summed E-state index contributed by atoms with van der Waals surface area (Å²) in [6, 6.07) is 19.5. The SMILES string of the molecule is CCOc1cc(/C=C(\C#N)C(=O)Nc2cccc(C)c2C)ccc1Cc1cccc(F)c1. The predicted octanol–water partition coefficient (Wildman–Crippen LogP) is 5.98. The Balaban J connectivity index is 1.86. The Hall–Kier alpha value is -3.91. The molecule has 3 rings (SSSR count). The number of nitriles is 1. The van der Waals surface area contributed by atoms with Gasteiger partial charge in [-0.15, -0.1) is 0 Å². The molecule has 0 saturated heterocycles. The molecule has 0 fully saturated rings. The lowest BCUT2D eigenvalue weighted by atomic mass is 10.0. The Bertz CT molecular complexity index is 1210. The fourth-order valence-electron chi connectivity index (χ4n) is 3.36. The summed E-state index contributed by atoms with van der Waals surface area (Å²) in [5.74, 6) is -0.116. The van der Waals surface area contributed by atoms with Crippen LogP contribution in [0.2, 0.25) is 0 Å². The number of carbonyl (C=O) groups is 1. The highest BCUT2D eigenvalue weighted by Crippen LogP contribution is 2.26. The van der Waals surface area contributed by atoms with E-state index >= 15 is 0 Å². The maximum atomic E-state index is 13.5. The maximum Gasteiger partial charge on any atom is 0.266 e. The summed E-state index contributed by atoms with van der Waals surface area (Å²) in [5.41, 5.74) is 5.08. The molecule has 3 aromatic rings. The van der Waals surface area contributed by atoms with Crippen molar-refractivity contribution in [3.05, 3.63) is 99.9 Å². The molecule has 0 heterocycles. The molecular weight excluding hydrogens is 403 g/mol. The Kier molecular flexibility index (Phi) is 7.41. The average Bonchev–Trinajstić information content (AvgIpc) is 2.77. The van der Waals surface area contributed by atoms with Gasteiger partial charge in [-0.25, -0.2) is 4.39 Å². The van der Waals surface area contributed by atoms with Gasteiger partial charge >= 0.3 is 0 Å². The minimum Gasteiger partial charge on any atom is -0.494 e. The minimum absolute atomic E-state index is 0.00812. The van der Waals surface area contributed by atoms with Crippen molar-refractivity contribution in [3.8, 4) is 11.8 Å². The molecule has 0 aliphatic rings. The van der Waals surface area contributed by atoms with Crippen LogP contribution < -0.4 is 10.1 Å². The molecule has 0 aliphatic carbocycles. The first-order valence-corrected chi connectivity index (χ1v) is 10.4. The van der Waals surface area contributed by atoms with Crippen LogP contribution in [0.1, 0.15) is 34.7 Å². The number of aryl methyl sites for hydroxylation is 1. The Morgan fingerprint density at radius 3 is 2.62 bits per heavy atom. The Labute approximate surface area is 188 Å². The van der Waals surface area contributed by atoms with Gasteiger partial charge in [0.2, 0.25) is 0 Å². The van der Waals surface area contributed by atoms with Crippen LogP contribution in [0.25, 0.3) is 6.08 Å². The van der Waals surface area contributed by atoms with Crippen LogP contribution in [0.15, 0.2) is 66.2 Å². The molecule has 0 bridgehead atoms. The number of amides is 1. The van der Waals surface area contributed by atoms with E-state index in [0.717, 1.165) is 22.3 Å². The highest BCUT2D eigenvalue weighted by atomic mass is 19.1. The number of hydrogen-bond acceptors (Lipinski definition) is 3. The second kappa shape index (κ2) is 10.4. The minimum atomic E-state index is -0.469. The summed E-state index contributed by atoms with van der Waals surface area (Å²) in [5, 5.41) is 12.4. The molecule has 1 amide bonds. The predicted molar refractivity (Wildman–Crippen MR) is 125 cm³/mol. The van der Waals surface area contributed by atoms with Gasteiger partial charge in [-0.3, -0.25) is 4.79 Å². The number of anilines is 1. The van der Waals surface area contributed by atoms with Crippen LogP contribution in [-0.2, 0) is 11.2 Å². The van der Waals surface area contributed by atoms with Gasteiger partial charge in [-0.05, 0) is 78.9 Å². The van der Waals surface area contributed by atoms with Crippen molar-refractivity contribution in [3.63, 3.8) is 0 Å². The lowest BCUT2D eigenvalue weighted by molar-refractivity contribution is -0.112. The smallest absolute Gasteiger partial charge is 0.266 e. The van der Waals surface area contributed by atoms with Gasteiger partial charge in [0.1, 0.15) is 23.2 Å². The third-order valence-corrected chi connectivity index (χ3v) is 5.20. The second-order valence-electron chi connectivity index (χ2n) is 7.48. The van der Waals surface area contributed by atoms with Gasteiger partial charge in [-0.2, -0.15) is 5.26 Å². The fourth-order valence-corrected chi connectivity index (χ4v) is 3.36. The summed E-state index contributed by atoms with van der Waals surface area (Å²) in [6.45, 7) is 6.23. The van der Waals surface area contributed by atoms with Crippen LogP contribution >= 0.6 is 0 Å². The van der Waals surface area contributed by atoms with Crippen molar-refractivity contribution < 1.29 is 13.9 Å². The lowest BCUT2D eigenvalue weighted by Gasteiger charge is -2.12. The quantitative estimate of drug-likeness (QED) is 0.372. The van der Waals surface area contributed by atoms with Crippen LogP contribution in [0.3, 0.4) is 0 Å². The molecule has 0 spiro atoms. The fraction of sp³-hybridized carbons (Fsp3) is 0.185. The highest BCUT2D eigenvalue weighted by molar-refractivity contribution is 6.10. The zero-order valence-corrected chi connectivity index (χ0v) is 18.4. The van der Waals surface area contributed by atoms with E-state index in [2.05, 4.69) is 5.32 Å². The van der Waals surface area contributed by atoms with E-state index in [1.807, 2.05) is 63.2 Å². The topological polar surface area (TPSA) is 62.1 Å². The second-order valence-corrected chi connectivity index (χ2v) is 7.48. The molecule has 3 aromatic carbocycles. The van der Waals surface area contributed by atoms with Crippen molar-refractivity contribution in [2.45, 2.75) is 27.2 Å². The van der Waals surface area contributed by atoms with E-state index in [-0.39, 0.29) is 11.4 Å². The number of nitrogens with one attached hydrogen (secondary N) is 1. The zero-order chi connectivity index (χ0) is 23.1. The van der Waals surface area contributed by atoms with Crippen molar-refractivity contribution in [1.82, 2.24) is 0 Å². The lowest BCUT2D eigenvalue weighted by Crippen LogP contribution is -2.14. The largest absolute Gasteiger partial charge is 0.494 e. The van der Waals surface area contributed by atoms with Gasteiger partial charge in [0.25, 0.3) is 5.91 Å². The summed E-state index contributed by atoms with van der Waals surface area (Å²) in [4.78, 5) is 12.7. The number of benzene rings is 3. The molecule has 4 nitrogen and oxygen atoms in total. The van der Waals surface area contributed by atoms with Crippen molar-refractivity contribution >= 4 is 17.7 Å². The highest BCUT2D eigenvalue weighted by Gasteiger charge is 2.13. The summed E-state index contributed by atoms with van der Waals surface area (Å²) < 4.78 is 19.3. The number of halogens is 1. The first kappa shape index (κ1) is 22.8. The standard InChI is InChI=1S/C27H25FN2O2/c1-4-32-26-16-21(11-12-22(26)13-20-8-6-9-24(28)15-20)14-23(17-29)27(31)30-25-10-5-7-18(2)19(25)3/h5-12,14-16H,4,13H2,1-3H3,(H,30,31)/b23-14+. The molecular formula is C27H25FN2O2. The van der Waals surface area contributed by atoms with E-state index in [1.165, 1.54) is 18.2 Å². The van der Waals surface area contributed by atoms with Gasteiger partial charge < -0.3 is 10.1 Å². The number of ether oxygens (including phenoxy) is 1. The van der Waals surface area contributed by atoms with Crippen molar-refractivity contribution in [1.29, 1.82) is 5.26 Å². The average molecular weight is 429 g/mol. The third-order valence-electron chi connectivity index (χ3n) is 5.20. The molecule has 0 atom stereocenters. The summed E-state index contributed by atoms with van der Waals surface area (Å²) in [6.07, 6.45) is 2.05. The molecule has 0 aromatic heterocycles.